The number of hydrogen-bond acceptors (Lipinski definition) is 6. The van der Waals surface area contributed by atoms with E-state index in [1.165, 1.54) is 11.8 Å². The first kappa shape index (κ1) is 17.9. The van der Waals surface area contributed by atoms with Crippen LogP contribution in [0.3, 0.4) is 0 Å². The first-order valence-corrected chi connectivity index (χ1v) is 8.83. The second kappa shape index (κ2) is 7.42. The van der Waals surface area contributed by atoms with Gasteiger partial charge in [-0.05, 0) is 26.5 Å². The first-order valence-electron chi connectivity index (χ1n) is 7.60. The van der Waals surface area contributed by atoms with Crippen LogP contribution in [0.2, 0.25) is 0 Å². The Kier molecular flexibility index (Phi) is 5.78. The van der Waals surface area contributed by atoms with E-state index in [9.17, 15) is 13.6 Å². The molecular formula is C15H21F2N3O2S. The fraction of sp³-hybridized carbons (Fsp3) is 0.667. The zero-order valence-electron chi connectivity index (χ0n) is 13.6. The van der Waals surface area contributed by atoms with E-state index in [0.717, 1.165) is 0 Å². The SMILES string of the molecule is CCOC(=O)c1c(C)nc(SC)nc1N1CCCC(F)(F)CC1. The maximum absolute atomic E-state index is 13.6. The number of aryl methyl sites for hydroxylation is 1. The number of halogens is 2. The minimum absolute atomic E-state index is 0.141. The molecule has 0 saturated carbocycles. The number of anilines is 1. The van der Waals surface area contributed by atoms with Crippen LogP contribution in [0.5, 0.6) is 0 Å². The Morgan fingerprint density at radius 1 is 1.35 bits per heavy atom. The largest absolute Gasteiger partial charge is 0.462 e. The van der Waals surface area contributed by atoms with E-state index < -0.39 is 11.9 Å². The molecule has 5 nitrogen and oxygen atoms in total. The molecule has 0 spiro atoms. The van der Waals surface area contributed by atoms with Gasteiger partial charge < -0.3 is 9.64 Å². The lowest BCUT2D eigenvalue weighted by Crippen LogP contribution is -2.29. The predicted molar refractivity (Wildman–Crippen MR) is 85.5 cm³/mol. The molecule has 0 aliphatic carbocycles. The summed E-state index contributed by atoms with van der Waals surface area (Å²) in [4.78, 5) is 22.7. The molecule has 0 unspecified atom stereocenters. The minimum Gasteiger partial charge on any atom is -0.462 e. The van der Waals surface area contributed by atoms with Crippen molar-refractivity contribution < 1.29 is 18.3 Å². The van der Waals surface area contributed by atoms with Crippen molar-refractivity contribution in [3.8, 4) is 0 Å². The molecule has 23 heavy (non-hydrogen) atoms. The van der Waals surface area contributed by atoms with Gasteiger partial charge in [-0.15, -0.1) is 0 Å². The summed E-state index contributed by atoms with van der Waals surface area (Å²) in [5.74, 6) is -2.77. The summed E-state index contributed by atoms with van der Waals surface area (Å²) in [6.07, 6.45) is 1.80. The number of carbonyl (C=O) groups is 1. The highest BCUT2D eigenvalue weighted by Crippen LogP contribution is 2.32. The van der Waals surface area contributed by atoms with Crippen molar-refractivity contribution in [3.63, 3.8) is 0 Å². The first-order chi connectivity index (χ1) is 10.9. The molecule has 2 heterocycles. The molecule has 0 amide bonds. The standard InChI is InChI=1S/C15H21F2N3O2S/c1-4-22-13(21)11-10(2)18-14(23-3)19-12(11)20-8-5-6-15(16,17)7-9-20/h4-9H2,1-3H3. The quantitative estimate of drug-likeness (QED) is 0.474. The van der Waals surface area contributed by atoms with Crippen LogP contribution < -0.4 is 4.90 Å². The van der Waals surface area contributed by atoms with Gasteiger partial charge in [0.05, 0.1) is 12.3 Å². The normalized spacial score (nSPS) is 17.7. The summed E-state index contributed by atoms with van der Waals surface area (Å²) in [6, 6.07) is 0. The van der Waals surface area contributed by atoms with Crippen LogP contribution in [0, 0.1) is 6.92 Å². The molecule has 128 valence electrons. The van der Waals surface area contributed by atoms with Crippen LogP contribution in [0.15, 0.2) is 5.16 Å². The lowest BCUT2D eigenvalue weighted by Gasteiger charge is -2.24. The molecule has 1 aromatic heterocycles. The van der Waals surface area contributed by atoms with Gasteiger partial charge in [-0.1, -0.05) is 11.8 Å². The number of esters is 1. The van der Waals surface area contributed by atoms with E-state index >= 15 is 0 Å². The van der Waals surface area contributed by atoms with Gasteiger partial charge in [0.25, 0.3) is 0 Å². The summed E-state index contributed by atoms with van der Waals surface area (Å²) in [7, 11) is 0. The van der Waals surface area contributed by atoms with E-state index in [1.807, 2.05) is 6.26 Å². The Balaban J connectivity index is 2.42. The number of alkyl halides is 2. The maximum Gasteiger partial charge on any atom is 0.343 e. The zero-order chi connectivity index (χ0) is 17.0. The number of thioether (sulfide) groups is 1. The molecule has 1 aromatic rings. The highest BCUT2D eigenvalue weighted by molar-refractivity contribution is 7.98. The smallest absolute Gasteiger partial charge is 0.343 e. The number of aromatic nitrogens is 2. The fourth-order valence-electron chi connectivity index (χ4n) is 2.57. The number of rotatable bonds is 4. The summed E-state index contributed by atoms with van der Waals surface area (Å²) in [6.45, 7) is 4.26. The topological polar surface area (TPSA) is 55.3 Å². The van der Waals surface area contributed by atoms with Crippen molar-refractivity contribution in [2.75, 3.05) is 30.9 Å². The van der Waals surface area contributed by atoms with Crippen LogP contribution in [-0.4, -0.2) is 47.8 Å². The van der Waals surface area contributed by atoms with Crippen molar-refractivity contribution in [2.24, 2.45) is 0 Å². The lowest BCUT2D eigenvalue weighted by atomic mass is 10.1. The van der Waals surface area contributed by atoms with Gasteiger partial charge in [0.1, 0.15) is 11.4 Å². The van der Waals surface area contributed by atoms with E-state index in [2.05, 4.69) is 9.97 Å². The van der Waals surface area contributed by atoms with Crippen LogP contribution in [0.25, 0.3) is 0 Å². The second-order valence-corrected chi connectivity index (χ2v) is 6.18. The molecule has 0 radical (unpaired) electrons. The van der Waals surface area contributed by atoms with Crippen molar-refractivity contribution in [1.82, 2.24) is 9.97 Å². The third-order valence-corrected chi connectivity index (χ3v) is 4.28. The molecule has 0 atom stereocenters. The fourth-order valence-corrected chi connectivity index (χ4v) is 2.98. The average molecular weight is 345 g/mol. The van der Waals surface area contributed by atoms with Crippen LogP contribution in [0.4, 0.5) is 14.6 Å². The molecular weight excluding hydrogens is 324 g/mol. The van der Waals surface area contributed by atoms with Gasteiger partial charge in [0, 0.05) is 25.9 Å². The van der Waals surface area contributed by atoms with Gasteiger partial charge in [-0.25, -0.2) is 23.5 Å². The van der Waals surface area contributed by atoms with Crippen LogP contribution in [0.1, 0.15) is 42.2 Å². The summed E-state index contributed by atoms with van der Waals surface area (Å²) in [5, 5.41) is 0.515. The number of ether oxygens (including phenoxy) is 1. The van der Waals surface area contributed by atoms with Crippen molar-refractivity contribution >= 4 is 23.5 Å². The van der Waals surface area contributed by atoms with Gasteiger partial charge in [0.2, 0.25) is 5.92 Å². The summed E-state index contributed by atoms with van der Waals surface area (Å²) < 4.78 is 32.3. The number of nitrogens with zero attached hydrogens (tertiary/aromatic N) is 3. The van der Waals surface area contributed by atoms with Crippen molar-refractivity contribution in [2.45, 2.75) is 44.2 Å². The molecule has 1 saturated heterocycles. The summed E-state index contributed by atoms with van der Waals surface area (Å²) in [5.41, 5.74) is 0.781. The molecule has 8 heteroatoms. The summed E-state index contributed by atoms with van der Waals surface area (Å²) >= 11 is 1.35. The van der Waals surface area contributed by atoms with Crippen LogP contribution >= 0.6 is 11.8 Å². The highest BCUT2D eigenvalue weighted by atomic mass is 32.2. The molecule has 1 aliphatic rings. The second-order valence-electron chi connectivity index (χ2n) is 5.41. The van der Waals surface area contributed by atoms with Gasteiger partial charge in [-0.2, -0.15) is 0 Å². The Hall–Kier alpha value is -1.44. The molecule has 0 N–H and O–H groups in total. The van der Waals surface area contributed by atoms with E-state index in [-0.39, 0.29) is 31.6 Å². The van der Waals surface area contributed by atoms with Gasteiger partial charge >= 0.3 is 5.97 Å². The van der Waals surface area contributed by atoms with E-state index in [1.54, 1.807) is 18.7 Å². The zero-order valence-corrected chi connectivity index (χ0v) is 14.4. The number of carbonyl (C=O) groups excluding carboxylic acids is 1. The molecule has 1 aliphatic heterocycles. The molecule has 1 fully saturated rings. The van der Waals surface area contributed by atoms with Gasteiger partial charge in [0.15, 0.2) is 5.16 Å². The van der Waals surface area contributed by atoms with Crippen molar-refractivity contribution in [3.05, 3.63) is 11.3 Å². The predicted octanol–water partition coefficient (Wildman–Crippen LogP) is 3.31. The number of hydrogen-bond donors (Lipinski definition) is 0. The Labute approximate surface area is 138 Å². The Bertz CT molecular complexity index is 584. The third-order valence-electron chi connectivity index (χ3n) is 3.73. The monoisotopic (exact) mass is 345 g/mol. The lowest BCUT2D eigenvalue weighted by molar-refractivity contribution is -0.0102. The maximum atomic E-state index is 13.6. The van der Waals surface area contributed by atoms with Crippen molar-refractivity contribution in [1.29, 1.82) is 0 Å². The average Bonchev–Trinajstić information content (AvgIpc) is 2.67. The van der Waals surface area contributed by atoms with E-state index in [4.69, 9.17) is 4.74 Å². The molecule has 0 bridgehead atoms. The Morgan fingerprint density at radius 2 is 2.09 bits per heavy atom. The molecule has 2 rings (SSSR count). The minimum atomic E-state index is -2.66. The van der Waals surface area contributed by atoms with Crippen LogP contribution in [-0.2, 0) is 4.74 Å². The van der Waals surface area contributed by atoms with Gasteiger partial charge in [-0.3, -0.25) is 0 Å². The molecule has 0 aromatic carbocycles. The van der Waals surface area contributed by atoms with E-state index in [0.29, 0.717) is 29.6 Å². The Morgan fingerprint density at radius 3 is 2.74 bits per heavy atom. The highest BCUT2D eigenvalue weighted by Gasteiger charge is 2.33. The third kappa shape index (κ3) is 4.31.